The van der Waals surface area contributed by atoms with Gasteiger partial charge in [-0.15, -0.1) is 0 Å². The molecule has 70 valence electrons. The predicted octanol–water partition coefficient (Wildman–Crippen LogP) is 0.618. The molecule has 0 radical (unpaired) electrons. The van der Waals surface area contributed by atoms with Gasteiger partial charge in [0.05, 0.1) is 13.0 Å². The molecule has 0 saturated carbocycles. The average Bonchev–Trinajstić information content (AvgIpc) is 2.63. The summed E-state index contributed by atoms with van der Waals surface area (Å²) in [5.74, 6) is -0.0818. The van der Waals surface area contributed by atoms with E-state index in [-0.39, 0.29) is 11.9 Å². The van der Waals surface area contributed by atoms with Crippen molar-refractivity contribution >= 4 is 5.97 Å². The van der Waals surface area contributed by atoms with Crippen LogP contribution < -0.4 is 0 Å². The molecule has 1 aromatic rings. The van der Waals surface area contributed by atoms with Crippen molar-refractivity contribution in [3.8, 4) is 0 Å². The summed E-state index contributed by atoms with van der Waals surface area (Å²) in [5.41, 5.74) is 1.13. The molecule has 0 fully saturated rings. The van der Waals surface area contributed by atoms with E-state index in [1.54, 1.807) is 6.20 Å². The van der Waals surface area contributed by atoms with Crippen LogP contribution in [0.1, 0.15) is 12.1 Å². The van der Waals surface area contributed by atoms with E-state index in [1.807, 2.05) is 10.7 Å². The highest BCUT2D eigenvalue weighted by Crippen LogP contribution is 2.20. The molecule has 0 amide bonds. The van der Waals surface area contributed by atoms with Crippen molar-refractivity contribution in [1.82, 2.24) is 9.78 Å². The molecule has 1 atom stereocenters. The summed E-state index contributed by atoms with van der Waals surface area (Å²) in [4.78, 5) is 11.2. The van der Waals surface area contributed by atoms with Gasteiger partial charge in [-0.25, -0.2) is 0 Å². The van der Waals surface area contributed by atoms with E-state index in [0.717, 1.165) is 25.1 Å². The van der Waals surface area contributed by atoms with Gasteiger partial charge in [0.25, 0.3) is 0 Å². The molecule has 1 unspecified atom stereocenters. The van der Waals surface area contributed by atoms with Crippen molar-refractivity contribution in [3.63, 3.8) is 0 Å². The van der Waals surface area contributed by atoms with E-state index in [1.165, 1.54) is 7.11 Å². The summed E-state index contributed by atoms with van der Waals surface area (Å²) in [6.07, 6.45) is 3.36. The van der Waals surface area contributed by atoms with Gasteiger partial charge in [-0.3, -0.25) is 9.48 Å². The highest BCUT2D eigenvalue weighted by atomic mass is 16.5. The molecule has 0 bridgehead atoms. The van der Waals surface area contributed by atoms with Crippen LogP contribution in [0.25, 0.3) is 0 Å². The third-order valence-electron chi connectivity index (χ3n) is 2.48. The Kier molecular flexibility index (Phi) is 2.04. The number of aromatic nitrogens is 2. The third-order valence-corrected chi connectivity index (χ3v) is 2.48. The lowest BCUT2D eigenvalue weighted by atomic mass is 9.96. The molecule has 0 aliphatic carbocycles. The number of rotatable bonds is 1. The van der Waals surface area contributed by atoms with Gasteiger partial charge in [-0.05, 0) is 12.5 Å². The maximum absolute atomic E-state index is 11.2. The first-order valence-corrected chi connectivity index (χ1v) is 4.40. The number of carbonyl (C=O) groups excluding carboxylic acids is 1. The first-order chi connectivity index (χ1) is 6.31. The lowest BCUT2D eigenvalue weighted by Crippen LogP contribution is -2.26. The molecule has 1 aliphatic heterocycles. The molecule has 13 heavy (non-hydrogen) atoms. The molecule has 2 rings (SSSR count). The fraction of sp³-hybridized carbons (Fsp3) is 0.556. The van der Waals surface area contributed by atoms with Gasteiger partial charge in [0.1, 0.15) is 0 Å². The van der Waals surface area contributed by atoms with Gasteiger partial charge >= 0.3 is 5.97 Å². The molecular formula is C9H12N2O2. The van der Waals surface area contributed by atoms with E-state index >= 15 is 0 Å². The Labute approximate surface area is 76.5 Å². The second-order valence-electron chi connectivity index (χ2n) is 3.26. The first-order valence-electron chi connectivity index (χ1n) is 4.40. The third kappa shape index (κ3) is 1.43. The highest BCUT2D eigenvalue weighted by Gasteiger charge is 2.25. The first kappa shape index (κ1) is 8.29. The van der Waals surface area contributed by atoms with Crippen LogP contribution in [0.2, 0.25) is 0 Å². The van der Waals surface area contributed by atoms with E-state index < -0.39 is 0 Å². The Balaban J connectivity index is 2.13. The van der Waals surface area contributed by atoms with Crippen LogP contribution in [-0.2, 0) is 22.5 Å². The maximum Gasteiger partial charge on any atom is 0.309 e. The van der Waals surface area contributed by atoms with E-state index in [0.29, 0.717) is 0 Å². The van der Waals surface area contributed by atoms with Crippen LogP contribution in [0.5, 0.6) is 0 Å². The Hall–Kier alpha value is -1.32. The summed E-state index contributed by atoms with van der Waals surface area (Å²) < 4.78 is 6.66. The normalized spacial score (nSPS) is 20.8. The van der Waals surface area contributed by atoms with Gasteiger partial charge in [0, 0.05) is 24.9 Å². The van der Waals surface area contributed by atoms with Gasteiger partial charge in [-0.2, -0.15) is 5.10 Å². The average molecular weight is 180 g/mol. The summed E-state index contributed by atoms with van der Waals surface area (Å²) >= 11 is 0. The molecular weight excluding hydrogens is 168 g/mol. The van der Waals surface area contributed by atoms with Crippen molar-refractivity contribution in [2.75, 3.05) is 7.11 Å². The standard InChI is InChI=1S/C9H12N2O2/c1-13-9(12)7-3-5-11-8(6-7)2-4-10-11/h2,4,7H,3,5-6H2,1H3. The molecule has 0 aromatic carbocycles. The second-order valence-corrected chi connectivity index (χ2v) is 3.26. The molecule has 4 heteroatoms. The van der Waals surface area contributed by atoms with Crippen molar-refractivity contribution in [2.45, 2.75) is 19.4 Å². The Morgan fingerprint density at radius 1 is 1.77 bits per heavy atom. The fourth-order valence-corrected chi connectivity index (χ4v) is 1.74. The van der Waals surface area contributed by atoms with Crippen LogP contribution in [0.4, 0.5) is 0 Å². The zero-order valence-electron chi connectivity index (χ0n) is 7.56. The predicted molar refractivity (Wildman–Crippen MR) is 46.1 cm³/mol. The number of ether oxygens (including phenoxy) is 1. The zero-order chi connectivity index (χ0) is 9.26. The monoisotopic (exact) mass is 180 g/mol. The number of nitrogens with zero attached hydrogens (tertiary/aromatic N) is 2. The van der Waals surface area contributed by atoms with Crippen molar-refractivity contribution in [3.05, 3.63) is 18.0 Å². The minimum absolute atomic E-state index is 0.0224. The number of fused-ring (bicyclic) bond motifs is 1. The minimum Gasteiger partial charge on any atom is -0.469 e. The molecule has 0 N–H and O–H groups in total. The largest absolute Gasteiger partial charge is 0.469 e. The number of methoxy groups -OCH3 is 1. The summed E-state index contributed by atoms with van der Waals surface area (Å²) in [5, 5.41) is 4.14. The van der Waals surface area contributed by atoms with E-state index in [2.05, 4.69) is 5.10 Å². The maximum atomic E-state index is 11.2. The lowest BCUT2D eigenvalue weighted by molar-refractivity contribution is -0.146. The summed E-state index contributed by atoms with van der Waals surface area (Å²) in [6, 6.07) is 1.95. The molecule has 2 heterocycles. The van der Waals surface area contributed by atoms with Crippen molar-refractivity contribution in [1.29, 1.82) is 0 Å². The SMILES string of the molecule is COC(=O)C1CCn2nccc2C1. The number of esters is 1. The van der Waals surface area contributed by atoms with E-state index in [4.69, 9.17) is 4.74 Å². The number of hydrogen-bond donors (Lipinski definition) is 0. The van der Waals surface area contributed by atoms with Crippen LogP contribution in [0.3, 0.4) is 0 Å². The topological polar surface area (TPSA) is 44.1 Å². The van der Waals surface area contributed by atoms with Crippen LogP contribution >= 0.6 is 0 Å². The Bertz CT molecular complexity index is 319. The molecule has 1 aliphatic rings. The molecule has 0 spiro atoms. The number of hydrogen-bond acceptors (Lipinski definition) is 3. The summed E-state index contributed by atoms with van der Waals surface area (Å²) in [6.45, 7) is 0.822. The van der Waals surface area contributed by atoms with Crippen molar-refractivity contribution < 1.29 is 9.53 Å². The zero-order valence-corrected chi connectivity index (χ0v) is 7.56. The Morgan fingerprint density at radius 2 is 2.62 bits per heavy atom. The second kappa shape index (κ2) is 3.20. The fourth-order valence-electron chi connectivity index (χ4n) is 1.74. The number of aryl methyl sites for hydroxylation is 1. The lowest BCUT2D eigenvalue weighted by Gasteiger charge is -2.20. The van der Waals surface area contributed by atoms with Gasteiger partial charge < -0.3 is 4.74 Å². The van der Waals surface area contributed by atoms with Crippen LogP contribution in [0.15, 0.2) is 12.3 Å². The molecule has 4 nitrogen and oxygen atoms in total. The van der Waals surface area contributed by atoms with E-state index in [9.17, 15) is 4.79 Å². The van der Waals surface area contributed by atoms with Crippen LogP contribution in [-0.4, -0.2) is 22.9 Å². The molecule has 1 aromatic heterocycles. The van der Waals surface area contributed by atoms with Gasteiger partial charge in [-0.1, -0.05) is 0 Å². The van der Waals surface area contributed by atoms with Gasteiger partial charge in [0.15, 0.2) is 0 Å². The van der Waals surface area contributed by atoms with Crippen molar-refractivity contribution in [2.24, 2.45) is 5.92 Å². The number of carbonyl (C=O) groups is 1. The smallest absolute Gasteiger partial charge is 0.309 e. The quantitative estimate of drug-likeness (QED) is 0.595. The molecule has 0 saturated heterocycles. The Morgan fingerprint density at radius 3 is 3.38 bits per heavy atom. The minimum atomic E-state index is -0.104. The highest BCUT2D eigenvalue weighted by molar-refractivity contribution is 5.72. The van der Waals surface area contributed by atoms with Gasteiger partial charge in [0.2, 0.25) is 0 Å². The van der Waals surface area contributed by atoms with Crippen LogP contribution in [0, 0.1) is 5.92 Å². The summed E-state index contributed by atoms with van der Waals surface area (Å²) in [7, 11) is 1.44.